The molecule has 3 aromatic carbocycles. The second kappa shape index (κ2) is 12.7. The van der Waals surface area contributed by atoms with Crippen molar-refractivity contribution in [2.75, 3.05) is 22.6 Å². The van der Waals surface area contributed by atoms with Gasteiger partial charge in [-0.2, -0.15) is 31.3 Å². The Morgan fingerprint density at radius 2 is 1.73 bits per heavy atom. The van der Waals surface area contributed by atoms with E-state index in [1.54, 1.807) is 54.1 Å². The molecule has 0 aliphatic carbocycles. The highest BCUT2D eigenvalue weighted by Crippen LogP contribution is 2.36. The van der Waals surface area contributed by atoms with Crippen molar-refractivity contribution < 1.29 is 40.7 Å². The third-order valence-electron chi connectivity index (χ3n) is 6.47. The first-order chi connectivity index (χ1) is 21.3. The second-order valence-corrected chi connectivity index (χ2v) is 10.8. The Morgan fingerprint density at radius 1 is 1.02 bits per heavy atom. The first-order valence-electron chi connectivity index (χ1n) is 13.2. The molecule has 4 aromatic rings. The van der Waals surface area contributed by atoms with E-state index >= 15 is 0 Å². The van der Waals surface area contributed by atoms with Crippen LogP contribution in [0.15, 0.2) is 84.2 Å². The lowest BCUT2D eigenvalue weighted by molar-refractivity contribution is -0.139. The summed E-state index contributed by atoms with van der Waals surface area (Å²) in [7, 11) is 0. The number of aromatic nitrogens is 2. The number of halogens is 6. The molecule has 0 bridgehead atoms. The normalized spacial score (nSPS) is 14.7. The molecule has 1 aliphatic heterocycles. The maximum atomic E-state index is 12.9. The summed E-state index contributed by atoms with van der Waals surface area (Å²) in [6, 6.07) is 15.1. The number of hydrogen-bond donors (Lipinski definition) is 1. The maximum absolute atomic E-state index is 12.9. The van der Waals surface area contributed by atoms with Crippen LogP contribution in [0.4, 0.5) is 42.5 Å². The Balaban J connectivity index is 1.27. The van der Waals surface area contributed by atoms with Gasteiger partial charge in [-0.05, 0) is 61.0 Å². The molecule has 0 spiro atoms. The molecule has 1 aliphatic rings. The van der Waals surface area contributed by atoms with Crippen molar-refractivity contribution in [2.45, 2.75) is 25.7 Å². The number of thioether (sulfide) groups is 1. The SMILES string of the molecule is Cc1ccc(OCCC(F)(F)F)c(N2C(=O)CS/C2=N\C(=O)Nc2ccc(-c3cn(-c4ccc(C(F)(F)F)cc4)cn3)cc2)c1. The quantitative estimate of drug-likeness (QED) is 0.206. The van der Waals surface area contributed by atoms with Gasteiger partial charge in [-0.3, -0.25) is 9.69 Å². The van der Waals surface area contributed by atoms with Gasteiger partial charge in [0.1, 0.15) is 5.75 Å². The molecule has 0 atom stereocenters. The predicted molar refractivity (Wildman–Crippen MR) is 158 cm³/mol. The van der Waals surface area contributed by atoms with Crippen molar-refractivity contribution in [1.29, 1.82) is 0 Å². The molecule has 1 fully saturated rings. The molecule has 15 heteroatoms. The fourth-order valence-electron chi connectivity index (χ4n) is 4.28. The summed E-state index contributed by atoms with van der Waals surface area (Å²) in [6.45, 7) is 1.09. The molecule has 1 aromatic heterocycles. The van der Waals surface area contributed by atoms with Crippen molar-refractivity contribution in [1.82, 2.24) is 9.55 Å². The molecular weight excluding hydrogens is 624 g/mol. The largest absolute Gasteiger partial charge is 0.491 e. The average Bonchev–Trinajstić information content (AvgIpc) is 3.60. The Hall–Kier alpha value is -4.79. The molecule has 234 valence electrons. The highest BCUT2D eigenvalue weighted by Gasteiger charge is 2.33. The number of anilines is 2. The van der Waals surface area contributed by atoms with Gasteiger partial charge in [-0.15, -0.1) is 0 Å². The predicted octanol–water partition coefficient (Wildman–Crippen LogP) is 7.87. The summed E-state index contributed by atoms with van der Waals surface area (Å²) < 4.78 is 83.4. The van der Waals surface area contributed by atoms with E-state index in [0.29, 0.717) is 28.2 Å². The van der Waals surface area contributed by atoms with Crippen LogP contribution in [-0.4, -0.2) is 45.2 Å². The van der Waals surface area contributed by atoms with Gasteiger partial charge in [0.05, 0.1) is 42.1 Å². The number of urea groups is 1. The second-order valence-electron chi connectivity index (χ2n) is 9.82. The van der Waals surface area contributed by atoms with Crippen molar-refractivity contribution in [3.8, 4) is 22.7 Å². The van der Waals surface area contributed by atoms with Gasteiger partial charge in [-0.25, -0.2) is 9.78 Å². The summed E-state index contributed by atoms with van der Waals surface area (Å²) in [5.41, 5.74) is 2.22. The van der Waals surface area contributed by atoms with Crippen molar-refractivity contribution in [2.24, 2.45) is 4.99 Å². The molecule has 2 heterocycles. The van der Waals surface area contributed by atoms with E-state index in [-0.39, 0.29) is 22.4 Å². The lowest BCUT2D eigenvalue weighted by Crippen LogP contribution is -2.31. The van der Waals surface area contributed by atoms with Crippen LogP contribution in [0.25, 0.3) is 16.9 Å². The lowest BCUT2D eigenvalue weighted by atomic mass is 10.1. The number of aliphatic imine (C=N–C) groups is 1. The Labute approximate surface area is 256 Å². The Bertz CT molecular complexity index is 1730. The number of alkyl halides is 6. The Morgan fingerprint density at radius 3 is 2.40 bits per heavy atom. The van der Waals surface area contributed by atoms with Crippen LogP contribution >= 0.6 is 11.8 Å². The molecule has 3 amide bonds. The van der Waals surface area contributed by atoms with E-state index < -0.39 is 42.9 Å². The zero-order chi connectivity index (χ0) is 32.4. The number of ether oxygens (including phenoxy) is 1. The number of imidazole rings is 1. The minimum absolute atomic E-state index is 0.0319. The maximum Gasteiger partial charge on any atom is 0.416 e. The zero-order valence-electron chi connectivity index (χ0n) is 23.3. The monoisotopic (exact) mass is 647 g/mol. The standard InChI is InChI=1S/C30H23F6N5O3S/c1-18-2-11-25(44-13-12-29(31,32)33)24(14-18)41-26(42)16-45-28(41)39-27(43)38-21-7-3-19(4-8-21)23-15-40(17-37-23)22-9-5-20(6-10-22)30(34,35)36/h2-11,14-15,17H,12-13,16H2,1H3,(H,38,43)/b39-28-. The van der Waals surface area contributed by atoms with E-state index in [9.17, 15) is 35.9 Å². The van der Waals surface area contributed by atoms with Crippen LogP contribution in [0, 0.1) is 6.92 Å². The molecule has 1 saturated heterocycles. The van der Waals surface area contributed by atoms with E-state index in [1.807, 2.05) is 0 Å². The van der Waals surface area contributed by atoms with Gasteiger partial charge in [0.15, 0.2) is 5.17 Å². The number of amidine groups is 1. The number of rotatable bonds is 7. The molecule has 0 unspecified atom stereocenters. The molecule has 0 saturated carbocycles. The molecule has 1 N–H and O–H groups in total. The van der Waals surface area contributed by atoms with Gasteiger partial charge in [0.25, 0.3) is 0 Å². The first kappa shape index (κ1) is 31.6. The Kier molecular flexibility index (Phi) is 8.91. The van der Waals surface area contributed by atoms with Crippen molar-refractivity contribution in [3.05, 3.63) is 90.4 Å². The summed E-state index contributed by atoms with van der Waals surface area (Å²) in [5, 5.41) is 2.64. The van der Waals surface area contributed by atoms with E-state index in [4.69, 9.17) is 4.74 Å². The molecule has 8 nitrogen and oxygen atoms in total. The minimum Gasteiger partial charge on any atom is -0.491 e. The fraction of sp³-hybridized carbons (Fsp3) is 0.200. The lowest BCUT2D eigenvalue weighted by Gasteiger charge is -2.20. The van der Waals surface area contributed by atoms with Gasteiger partial charge in [0, 0.05) is 23.1 Å². The van der Waals surface area contributed by atoms with Gasteiger partial charge in [0.2, 0.25) is 5.91 Å². The number of nitrogens with one attached hydrogen (secondary N) is 1. The van der Waals surface area contributed by atoms with Crippen LogP contribution in [0.2, 0.25) is 0 Å². The number of amides is 3. The average molecular weight is 648 g/mol. The first-order valence-corrected chi connectivity index (χ1v) is 14.2. The van der Waals surface area contributed by atoms with E-state index in [0.717, 1.165) is 28.8 Å². The minimum atomic E-state index is -4.43. The van der Waals surface area contributed by atoms with Crippen LogP contribution in [0.3, 0.4) is 0 Å². The number of nitrogens with zero attached hydrogens (tertiary/aromatic N) is 4. The van der Waals surface area contributed by atoms with Crippen LogP contribution < -0.4 is 15.0 Å². The van der Waals surface area contributed by atoms with E-state index in [2.05, 4.69) is 15.3 Å². The van der Waals surface area contributed by atoms with Gasteiger partial charge in [-0.1, -0.05) is 30.0 Å². The van der Waals surface area contributed by atoms with Crippen LogP contribution in [0.1, 0.15) is 17.5 Å². The fourth-order valence-corrected chi connectivity index (χ4v) is 5.14. The molecular formula is C30H23F6N5O3S. The number of aryl methyl sites for hydroxylation is 1. The number of carbonyl (C=O) groups excluding carboxylic acids is 2. The summed E-state index contributed by atoms with van der Waals surface area (Å²) in [5.74, 6) is -0.404. The van der Waals surface area contributed by atoms with Gasteiger partial charge < -0.3 is 14.6 Å². The molecule has 5 rings (SSSR count). The van der Waals surface area contributed by atoms with Crippen LogP contribution in [0.5, 0.6) is 5.75 Å². The van der Waals surface area contributed by atoms with Gasteiger partial charge >= 0.3 is 18.4 Å². The number of benzene rings is 3. The number of hydrogen-bond acceptors (Lipinski definition) is 5. The highest BCUT2D eigenvalue weighted by molar-refractivity contribution is 8.15. The summed E-state index contributed by atoms with van der Waals surface area (Å²) in [4.78, 5) is 35.0. The topological polar surface area (TPSA) is 88.8 Å². The highest BCUT2D eigenvalue weighted by atomic mass is 32.2. The molecule has 45 heavy (non-hydrogen) atoms. The third kappa shape index (κ3) is 7.84. The van der Waals surface area contributed by atoms with Crippen molar-refractivity contribution >= 4 is 40.2 Å². The third-order valence-corrected chi connectivity index (χ3v) is 7.39. The summed E-state index contributed by atoms with van der Waals surface area (Å²) in [6.07, 6.45) is -6.90. The van der Waals surface area contributed by atoms with Crippen LogP contribution in [-0.2, 0) is 11.0 Å². The number of carbonyl (C=O) groups is 2. The smallest absolute Gasteiger partial charge is 0.416 e. The van der Waals surface area contributed by atoms with Crippen molar-refractivity contribution in [3.63, 3.8) is 0 Å². The zero-order valence-corrected chi connectivity index (χ0v) is 24.1. The molecule has 0 radical (unpaired) electrons. The summed E-state index contributed by atoms with van der Waals surface area (Å²) >= 11 is 1.00. The van der Waals surface area contributed by atoms with E-state index in [1.165, 1.54) is 24.5 Å².